The van der Waals surface area contributed by atoms with Crippen LogP contribution >= 0.6 is 12.2 Å². The number of aromatic nitrogens is 3. The lowest BCUT2D eigenvalue weighted by Crippen LogP contribution is -2.43. The van der Waals surface area contributed by atoms with E-state index in [1.807, 2.05) is 10.6 Å². The second-order valence-corrected chi connectivity index (χ2v) is 8.36. The van der Waals surface area contributed by atoms with Crippen LogP contribution in [0.4, 0.5) is 0 Å². The van der Waals surface area contributed by atoms with Gasteiger partial charge in [-0.15, -0.1) is 0 Å². The van der Waals surface area contributed by atoms with Crippen molar-refractivity contribution in [3.8, 4) is 0 Å². The van der Waals surface area contributed by atoms with Crippen LogP contribution in [0.25, 0.3) is 0 Å². The molecule has 3 N–H and O–H groups in total. The van der Waals surface area contributed by atoms with E-state index in [9.17, 15) is 14.4 Å². The van der Waals surface area contributed by atoms with Crippen molar-refractivity contribution in [2.45, 2.75) is 50.4 Å². The second kappa shape index (κ2) is 7.35. The molecule has 5 rings (SSSR count). The van der Waals surface area contributed by atoms with Gasteiger partial charge in [0.2, 0.25) is 11.8 Å². The molecule has 156 valence electrons. The van der Waals surface area contributed by atoms with Gasteiger partial charge in [-0.1, -0.05) is 18.2 Å². The third kappa shape index (κ3) is 3.41. The van der Waals surface area contributed by atoms with Crippen LogP contribution in [0.3, 0.4) is 0 Å². The summed E-state index contributed by atoms with van der Waals surface area (Å²) in [5, 5.41) is 12.4. The fourth-order valence-corrected chi connectivity index (χ4v) is 4.31. The summed E-state index contributed by atoms with van der Waals surface area (Å²) in [5.74, 6) is -0.0933. The number of nitrogens with one attached hydrogen (secondary N) is 3. The SMILES string of the molecule is O=C(CNC(=O)C1c2ccccc2C(=O)N1C1CC1)NCc1n[nH]c(=S)n1C1CC1. The Morgan fingerprint density at radius 1 is 1.13 bits per heavy atom. The maximum Gasteiger partial charge on any atom is 0.255 e. The highest BCUT2D eigenvalue weighted by Gasteiger charge is 2.47. The predicted octanol–water partition coefficient (Wildman–Crippen LogP) is 1.37. The summed E-state index contributed by atoms with van der Waals surface area (Å²) in [4.78, 5) is 39.6. The van der Waals surface area contributed by atoms with Crippen LogP contribution in [0.5, 0.6) is 0 Å². The van der Waals surface area contributed by atoms with Gasteiger partial charge in [-0.3, -0.25) is 24.0 Å². The van der Waals surface area contributed by atoms with E-state index in [-0.39, 0.29) is 36.9 Å². The van der Waals surface area contributed by atoms with Crippen LogP contribution in [-0.4, -0.2) is 50.0 Å². The Hall–Kier alpha value is -3.01. The summed E-state index contributed by atoms with van der Waals surface area (Å²) in [6.07, 6.45) is 3.92. The van der Waals surface area contributed by atoms with Gasteiger partial charge in [0.05, 0.1) is 13.1 Å². The van der Waals surface area contributed by atoms with Crippen LogP contribution in [0.1, 0.15) is 59.5 Å². The van der Waals surface area contributed by atoms with Gasteiger partial charge in [0.1, 0.15) is 6.04 Å². The number of hydrogen-bond donors (Lipinski definition) is 3. The summed E-state index contributed by atoms with van der Waals surface area (Å²) >= 11 is 5.24. The number of rotatable bonds is 7. The maximum absolute atomic E-state index is 12.9. The van der Waals surface area contributed by atoms with Gasteiger partial charge in [0, 0.05) is 17.6 Å². The smallest absolute Gasteiger partial charge is 0.255 e. The minimum Gasteiger partial charge on any atom is -0.347 e. The highest BCUT2D eigenvalue weighted by molar-refractivity contribution is 7.71. The second-order valence-electron chi connectivity index (χ2n) is 7.97. The van der Waals surface area contributed by atoms with Crippen molar-refractivity contribution in [1.82, 2.24) is 30.3 Å². The molecule has 1 aromatic heterocycles. The first-order valence-electron chi connectivity index (χ1n) is 10.2. The molecule has 0 spiro atoms. The highest BCUT2D eigenvalue weighted by Crippen LogP contribution is 2.41. The van der Waals surface area contributed by atoms with Gasteiger partial charge in [-0.2, -0.15) is 5.10 Å². The lowest BCUT2D eigenvalue weighted by Gasteiger charge is -2.24. The number of H-pyrrole nitrogens is 1. The summed E-state index contributed by atoms with van der Waals surface area (Å²) in [7, 11) is 0. The van der Waals surface area contributed by atoms with Gasteiger partial charge in [0.15, 0.2) is 10.6 Å². The maximum atomic E-state index is 12.9. The van der Waals surface area contributed by atoms with Crippen LogP contribution < -0.4 is 10.6 Å². The number of amides is 3. The average Bonchev–Trinajstić information content (AvgIpc) is 3.68. The van der Waals surface area contributed by atoms with E-state index in [1.165, 1.54) is 0 Å². The number of aromatic amines is 1. The molecule has 1 atom stereocenters. The lowest BCUT2D eigenvalue weighted by molar-refractivity contribution is -0.129. The third-order valence-electron chi connectivity index (χ3n) is 5.74. The normalized spacial score (nSPS) is 20.2. The standard InChI is InChI=1S/C20H22N6O3S/c27-16(21-9-15-23-24-20(30)25(15)11-5-6-11)10-22-18(28)17-13-3-1-2-4-14(13)19(29)26(17)12-7-8-12/h1-4,11-12,17H,5-10H2,(H,21,27)(H,22,28)(H,24,30). The zero-order valence-corrected chi connectivity index (χ0v) is 17.1. The van der Waals surface area contributed by atoms with Gasteiger partial charge < -0.3 is 15.5 Å². The van der Waals surface area contributed by atoms with Gasteiger partial charge in [-0.25, -0.2) is 0 Å². The summed E-state index contributed by atoms with van der Waals surface area (Å²) in [6, 6.07) is 6.95. The number of benzene rings is 1. The topological polar surface area (TPSA) is 112 Å². The van der Waals surface area contributed by atoms with Gasteiger partial charge >= 0.3 is 0 Å². The van der Waals surface area contributed by atoms with E-state index in [4.69, 9.17) is 12.2 Å². The molecular weight excluding hydrogens is 404 g/mol. The molecule has 30 heavy (non-hydrogen) atoms. The number of fused-ring (bicyclic) bond motifs is 1. The molecule has 1 aromatic carbocycles. The quantitative estimate of drug-likeness (QED) is 0.579. The van der Waals surface area contributed by atoms with Crippen molar-refractivity contribution in [2.75, 3.05) is 6.54 Å². The molecule has 3 aliphatic rings. The molecule has 2 saturated carbocycles. The first kappa shape index (κ1) is 19.0. The van der Waals surface area contributed by atoms with Crippen LogP contribution in [0.2, 0.25) is 0 Å². The van der Waals surface area contributed by atoms with Crippen molar-refractivity contribution in [2.24, 2.45) is 0 Å². The van der Waals surface area contributed by atoms with Crippen molar-refractivity contribution in [3.05, 3.63) is 46.0 Å². The Morgan fingerprint density at radius 3 is 2.60 bits per heavy atom. The molecule has 1 unspecified atom stereocenters. The third-order valence-corrected chi connectivity index (χ3v) is 6.03. The van der Waals surface area contributed by atoms with E-state index in [0.29, 0.717) is 27.8 Å². The minimum absolute atomic E-state index is 0.0969. The molecule has 0 saturated heterocycles. The number of hydrogen-bond acceptors (Lipinski definition) is 5. The Kier molecular flexibility index (Phi) is 4.65. The highest BCUT2D eigenvalue weighted by atomic mass is 32.1. The van der Waals surface area contributed by atoms with Crippen LogP contribution in [0, 0.1) is 4.77 Å². The molecule has 1 aliphatic heterocycles. The molecule has 0 bridgehead atoms. The first-order chi connectivity index (χ1) is 14.5. The number of nitrogens with zero attached hydrogens (tertiary/aromatic N) is 3. The van der Waals surface area contributed by atoms with Gasteiger partial charge in [0.25, 0.3) is 5.91 Å². The van der Waals surface area contributed by atoms with Gasteiger partial charge in [-0.05, 0) is 49.5 Å². The fourth-order valence-electron chi connectivity index (χ4n) is 4.01. The van der Waals surface area contributed by atoms with Crippen molar-refractivity contribution in [3.63, 3.8) is 0 Å². The molecule has 2 fully saturated rings. The molecule has 10 heteroatoms. The number of carbonyl (C=O) groups excluding carboxylic acids is 3. The Bertz CT molecular complexity index is 1080. The summed E-state index contributed by atoms with van der Waals surface area (Å²) in [5.41, 5.74) is 1.27. The molecule has 0 radical (unpaired) electrons. The number of carbonyl (C=O) groups is 3. The molecule has 2 aliphatic carbocycles. The van der Waals surface area contributed by atoms with Crippen molar-refractivity contribution < 1.29 is 14.4 Å². The Balaban J connectivity index is 1.21. The minimum atomic E-state index is -0.680. The summed E-state index contributed by atoms with van der Waals surface area (Å²) in [6.45, 7) is 0.0655. The van der Waals surface area contributed by atoms with E-state index >= 15 is 0 Å². The van der Waals surface area contributed by atoms with Crippen molar-refractivity contribution in [1.29, 1.82) is 0 Å². The molecule has 3 amide bonds. The Morgan fingerprint density at radius 2 is 1.87 bits per heavy atom. The predicted molar refractivity (Wildman–Crippen MR) is 109 cm³/mol. The molecule has 9 nitrogen and oxygen atoms in total. The van der Waals surface area contributed by atoms with E-state index < -0.39 is 6.04 Å². The van der Waals surface area contributed by atoms with Crippen molar-refractivity contribution >= 4 is 29.9 Å². The molecular formula is C20H22N6O3S. The zero-order chi connectivity index (χ0) is 20.8. The van der Waals surface area contributed by atoms with E-state index in [1.54, 1.807) is 23.1 Å². The molecule has 2 heterocycles. The monoisotopic (exact) mass is 426 g/mol. The van der Waals surface area contributed by atoms with E-state index in [0.717, 1.165) is 25.7 Å². The summed E-state index contributed by atoms with van der Waals surface area (Å²) < 4.78 is 2.49. The average molecular weight is 427 g/mol. The lowest BCUT2D eigenvalue weighted by atomic mass is 10.0. The Labute approximate surface area is 177 Å². The van der Waals surface area contributed by atoms with Crippen LogP contribution in [0.15, 0.2) is 24.3 Å². The zero-order valence-electron chi connectivity index (χ0n) is 16.3. The van der Waals surface area contributed by atoms with Crippen LogP contribution in [-0.2, 0) is 16.1 Å². The molecule has 2 aromatic rings. The fraction of sp³-hybridized carbons (Fsp3) is 0.450. The largest absolute Gasteiger partial charge is 0.347 e. The first-order valence-corrected chi connectivity index (χ1v) is 10.6. The van der Waals surface area contributed by atoms with E-state index in [2.05, 4.69) is 20.8 Å².